The summed E-state index contributed by atoms with van der Waals surface area (Å²) in [4.78, 5) is 28.4. The van der Waals surface area contributed by atoms with Crippen LogP contribution in [0, 0.1) is 5.92 Å². The van der Waals surface area contributed by atoms with Crippen LogP contribution < -0.4 is 15.2 Å². The Kier molecular flexibility index (Phi) is 7.30. The summed E-state index contributed by atoms with van der Waals surface area (Å²) in [7, 11) is -0.155. The Labute approximate surface area is 245 Å². The predicted molar refractivity (Wildman–Crippen MR) is 163 cm³/mol. The van der Waals surface area contributed by atoms with Crippen molar-refractivity contribution in [3.8, 4) is 5.75 Å². The number of aryl methyl sites for hydroxylation is 1. The van der Waals surface area contributed by atoms with Gasteiger partial charge in [0.15, 0.2) is 5.78 Å². The van der Waals surface area contributed by atoms with Gasteiger partial charge in [-0.3, -0.25) is 9.52 Å². The SMILES string of the molecule is CN(C)c1cccc2c(S(=O)(=O)Nc3cccc(C(c4c(O)c5c(oc4=O)CCCCCC5=O)C4CC4)c3)cccc12. The Balaban J connectivity index is 1.39. The number of hydrogen-bond donors (Lipinski definition) is 2. The summed E-state index contributed by atoms with van der Waals surface area (Å²) in [5.41, 5.74) is 1.48. The summed E-state index contributed by atoms with van der Waals surface area (Å²) in [5.74, 6) is -0.710. The van der Waals surface area contributed by atoms with Crippen LogP contribution in [0.2, 0.25) is 0 Å². The second kappa shape index (κ2) is 10.9. The first-order chi connectivity index (χ1) is 20.2. The monoisotopic (exact) mass is 586 g/mol. The number of sulfonamides is 1. The van der Waals surface area contributed by atoms with Gasteiger partial charge in [-0.25, -0.2) is 13.2 Å². The maximum atomic E-state index is 13.7. The third-order valence-electron chi connectivity index (χ3n) is 8.33. The number of nitrogens with one attached hydrogen (secondary N) is 1. The molecule has 1 unspecified atom stereocenters. The summed E-state index contributed by atoms with van der Waals surface area (Å²) in [5, 5.41) is 12.8. The van der Waals surface area contributed by atoms with Crippen molar-refractivity contribution < 1.29 is 22.7 Å². The van der Waals surface area contributed by atoms with Crippen molar-refractivity contribution in [3.63, 3.8) is 0 Å². The van der Waals surface area contributed by atoms with Crippen LogP contribution in [0.5, 0.6) is 5.75 Å². The minimum absolute atomic E-state index is 0.0647. The van der Waals surface area contributed by atoms with E-state index < -0.39 is 21.6 Å². The second-order valence-corrected chi connectivity index (χ2v) is 13.2. The largest absolute Gasteiger partial charge is 0.506 e. The molecular weight excluding hydrogens is 552 g/mol. The molecule has 0 bridgehead atoms. The van der Waals surface area contributed by atoms with Gasteiger partial charge >= 0.3 is 5.63 Å². The van der Waals surface area contributed by atoms with E-state index in [4.69, 9.17) is 4.42 Å². The van der Waals surface area contributed by atoms with Crippen LogP contribution in [0.1, 0.15) is 71.7 Å². The Morgan fingerprint density at radius 1 is 0.929 bits per heavy atom. The molecule has 1 fully saturated rings. The van der Waals surface area contributed by atoms with Gasteiger partial charge in [0.1, 0.15) is 11.5 Å². The van der Waals surface area contributed by atoms with Gasteiger partial charge in [-0.15, -0.1) is 0 Å². The fourth-order valence-corrected chi connectivity index (χ4v) is 7.46. The first-order valence-electron chi connectivity index (χ1n) is 14.4. The topological polar surface area (TPSA) is 117 Å². The molecule has 0 radical (unpaired) electrons. The van der Waals surface area contributed by atoms with Gasteiger partial charge in [0.05, 0.1) is 16.0 Å². The molecule has 0 aliphatic heterocycles. The zero-order chi connectivity index (χ0) is 29.6. The van der Waals surface area contributed by atoms with Crippen LogP contribution in [0.25, 0.3) is 10.8 Å². The Hall–Kier alpha value is -4.11. The summed E-state index contributed by atoms with van der Waals surface area (Å²) >= 11 is 0. The normalized spacial score (nSPS) is 16.4. The zero-order valence-electron chi connectivity index (χ0n) is 23.7. The lowest BCUT2D eigenvalue weighted by atomic mass is 9.85. The van der Waals surface area contributed by atoms with E-state index in [9.17, 15) is 23.1 Å². The number of benzene rings is 3. The molecule has 1 atom stereocenters. The first-order valence-corrected chi connectivity index (χ1v) is 15.9. The van der Waals surface area contributed by atoms with Crippen molar-refractivity contribution in [2.24, 2.45) is 5.92 Å². The van der Waals surface area contributed by atoms with E-state index in [0.29, 0.717) is 29.5 Å². The lowest BCUT2D eigenvalue weighted by Gasteiger charge is -2.21. The highest BCUT2D eigenvalue weighted by Crippen LogP contribution is 2.49. The van der Waals surface area contributed by atoms with Gasteiger partial charge in [-0.05, 0) is 61.4 Å². The van der Waals surface area contributed by atoms with Gasteiger partial charge in [0.2, 0.25) is 0 Å². The molecule has 0 amide bonds. The fourth-order valence-electron chi connectivity index (χ4n) is 6.19. The van der Waals surface area contributed by atoms with Gasteiger partial charge in [-0.2, -0.15) is 0 Å². The average Bonchev–Trinajstić information content (AvgIpc) is 3.78. The van der Waals surface area contributed by atoms with E-state index in [-0.39, 0.29) is 39.2 Å². The van der Waals surface area contributed by atoms with Crippen molar-refractivity contribution in [2.75, 3.05) is 23.7 Å². The second-order valence-electron chi connectivity index (χ2n) is 11.5. The van der Waals surface area contributed by atoms with Gasteiger partial charge in [0.25, 0.3) is 10.0 Å². The summed E-state index contributed by atoms with van der Waals surface area (Å²) in [6.45, 7) is 0. The molecule has 218 valence electrons. The highest BCUT2D eigenvalue weighted by Gasteiger charge is 2.39. The van der Waals surface area contributed by atoms with Crippen LogP contribution in [-0.4, -0.2) is 33.4 Å². The summed E-state index contributed by atoms with van der Waals surface area (Å²) in [6, 6.07) is 17.7. The molecule has 9 heteroatoms. The lowest BCUT2D eigenvalue weighted by Crippen LogP contribution is -2.21. The number of carbonyl (C=O) groups excluding carboxylic acids is 1. The molecule has 1 heterocycles. The molecule has 0 spiro atoms. The van der Waals surface area contributed by atoms with Crippen molar-refractivity contribution in [1.29, 1.82) is 0 Å². The van der Waals surface area contributed by atoms with E-state index in [2.05, 4.69) is 4.72 Å². The molecule has 2 N–H and O–H groups in total. The zero-order valence-corrected chi connectivity index (χ0v) is 24.5. The highest BCUT2D eigenvalue weighted by atomic mass is 32.2. The van der Waals surface area contributed by atoms with E-state index in [1.807, 2.05) is 43.3 Å². The maximum Gasteiger partial charge on any atom is 0.343 e. The molecule has 8 nitrogen and oxygen atoms in total. The number of fused-ring (bicyclic) bond motifs is 2. The molecule has 4 aromatic rings. The number of nitrogens with zero attached hydrogens (tertiary/aromatic N) is 1. The molecule has 2 aliphatic carbocycles. The molecule has 3 aromatic carbocycles. The van der Waals surface area contributed by atoms with Crippen LogP contribution >= 0.6 is 0 Å². The minimum atomic E-state index is -3.98. The van der Waals surface area contributed by atoms with Crippen LogP contribution in [0.3, 0.4) is 0 Å². The average molecular weight is 587 g/mol. The quantitative estimate of drug-likeness (QED) is 0.265. The van der Waals surface area contributed by atoms with Crippen molar-refractivity contribution >= 4 is 38.0 Å². The predicted octanol–water partition coefficient (Wildman–Crippen LogP) is 6.21. The fraction of sp³-hybridized carbons (Fsp3) is 0.333. The standard InChI is InChI=1S/C33H34N2O6S/c1-35(2)25-13-7-12-24-23(25)11-8-16-28(24)42(39,40)34-22-10-6-9-21(19-22)29(20-17-18-20)31-32(37)30-26(36)14-4-3-5-15-27(30)41-33(31)38/h6-13,16,19-20,29,34,37H,3-5,14-15,17-18H2,1-2H3. The number of Topliss-reactive ketones (excluding diaryl/α,β-unsaturated/α-hetero) is 1. The number of anilines is 2. The number of aromatic hydroxyl groups is 1. The molecule has 1 saturated carbocycles. The lowest BCUT2D eigenvalue weighted by molar-refractivity contribution is 0.0968. The maximum absolute atomic E-state index is 13.7. The van der Waals surface area contributed by atoms with E-state index in [0.717, 1.165) is 43.2 Å². The van der Waals surface area contributed by atoms with Gasteiger partial charge < -0.3 is 14.4 Å². The molecule has 42 heavy (non-hydrogen) atoms. The molecular formula is C33H34N2O6S. The van der Waals surface area contributed by atoms with E-state index >= 15 is 0 Å². The third kappa shape index (κ3) is 5.17. The number of carbonyl (C=O) groups is 1. The summed E-state index contributed by atoms with van der Waals surface area (Å²) < 4.78 is 35.8. The number of ketones is 1. The van der Waals surface area contributed by atoms with Crippen LogP contribution in [0.15, 0.2) is 74.8 Å². The Bertz CT molecular complexity index is 1860. The van der Waals surface area contributed by atoms with E-state index in [1.165, 1.54) is 0 Å². The van der Waals surface area contributed by atoms with E-state index in [1.54, 1.807) is 36.4 Å². The Morgan fingerprint density at radius 2 is 1.64 bits per heavy atom. The smallest absolute Gasteiger partial charge is 0.343 e. The first kappa shape index (κ1) is 28.0. The molecule has 0 saturated heterocycles. The van der Waals surface area contributed by atoms with Crippen molar-refractivity contribution in [1.82, 2.24) is 0 Å². The number of rotatable bonds is 7. The molecule has 2 aliphatic rings. The van der Waals surface area contributed by atoms with Crippen molar-refractivity contribution in [3.05, 3.63) is 93.5 Å². The van der Waals surface area contributed by atoms with Crippen LogP contribution in [0.4, 0.5) is 11.4 Å². The number of hydrogen-bond acceptors (Lipinski definition) is 7. The summed E-state index contributed by atoms with van der Waals surface area (Å²) in [6.07, 6.45) is 4.78. The molecule has 1 aromatic heterocycles. The third-order valence-corrected chi connectivity index (χ3v) is 9.77. The molecule has 6 rings (SSSR count). The minimum Gasteiger partial charge on any atom is -0.506 e. The highest BCUT2D eigenvalue weighted by molar-refractivity contribution is 7.93. The van der Waals surface area contributed by atoms with Crippen LogP contribution in [-0.2, 0) is 16.4 Å². The Morgan fingerprint density at radius 3 is 2.40 bits per heavy atom. The van der Waals surface area contributed by atoms with Gasteiger partial charge in [-0.1, -0.05) is 42.8 Å². The van der Waals surface area contributed by atoms with Gasteiger partial charge in [0, 0.05) is 55.0 Å². The van der Waals surface area contributed by atoms with Crippen molar-refractivity contribution in [2.45, 2.75) is 55.8 Å².